The molecule has 2 N–H and O–H groups in total. The van der Waals surface area contributed by atoms with Gasteiger partial charge in [-0.3, -0.25) is 9.59 Å². The van der Waals surface area contributed by atoms with Crippen LogP contribution in [0.3, 0.4) is 0 Å². The highest BCUT2D eigenvalue weighted by molar-refractivity contribution is 5.97. The number of hydrogen-bond donors (Lipinski definition) is 2. The number of hydrogen-bond acceptors (Lipinski definition) is 5. The first kappa shape index (κ1) is 20.0. The highest BCUT2D eigenvalue weighted by Crippen LogP contribution is 2.27. The van der Waals surface area contributed by atoms with Crippen molar-refractivity contribution in [2.75, 3.05) is 27.4 Å². The van der Waals surface area contributed by atoms with Crippen molar-refractivity contribution in [3.8, 4) is 11.5 Å². The summed E-state index contributed by atoms with van der Waals surface area (Å²) in [5, 5.41) is 5.52. The number of nitrogens with one attached hydrogen (secondary N) is 2. The molecule has 7 nitrogen and oxygen atoms in total. The van der Waals surface area contributed by atoms with Gasteiger partial charge in [0.25, 0.3) is 5.91 Å². The highest BCUT2D eigenvalue weighted by atomic mass is 16.5. The lowest BCUT2D eigenvalue weighted by Crippen LogP contribution is -2.41. The van der Waals surface area contributed by atoms with Crippen LogP contribution in [0, 0.1) is 0 Å². The minimum absolute atomic E-state index is 0.0460. The van der Waals surface area contributed by atoms with Crippen molar-refractivity contribution >= 4 is 11.8 Å². The average Bonchev–Trinajstić information content (AvgIpc) is 3.17. The molecule has 7 heteroatoms. The van der Waals surface area contributed by atoms with E-state index in [0.29, 0.717) is 23.2 Å². The molecule has 0 spiro atoms. The molecule has 144 valence electrons. The predicted octanol–water partition coefficient (Wildman–Crippen LogP) is 1.90. The van der Waals surface area contributed by atoms with Gasteiger partial charge in [-0.25, -0.2) is 0 Å². The van der Waals surface area contributed by atoms with E-state index in [9.17, 15) is 9.59 Å². The van der Waals surface area contributed by atoms with Crippen molar-refractivity contribution < 1.29 is 23.8 Å². The van der Waals surface area contributed by atoms with Gasteiger partial charge in [-0.05, 0) is 50.8 Å². The molecule has 0 saturated carbocycles. The van der Waals surface area contributed by atoms with E-state index in [1.165, 1.54) is 14.2 Å². The summed E-state index contributed by atoms with van der Waals surface area (Å²) in [6, 6.07) is 4.90. The Hall–Kier alpha value is -2.28. The largest absolute Gasteiger partial charge is 0.493 e. The molecule has 0 bridgehead atoms. The number of carbonyl (C=O) groups is 2. The Labute approximate surface area is 154 Å². The Morgan fingerprint density at radius 3 is 2.69 bits per heavy atom. The average molecular weight is 364 g/mol. The molecule has 1 heterocycles. The van der Waals surface area contributed by atoms with Crippen LogP contribution in [0.25, 0.3) is 0 Å². The second-order valence-corrected chi connectivity index (χ2v) is 6.43. The van der Waals surface area contributed by atoms with Crippen LogP contribution in [0.4, 0.5) is 0 Å². The Balaban J connectivity index is 1.74. The molecule has 1 aromatic rings. The molecule has 1 aliphatic rings. The number of rotatable bonds is 9. The van der Waals surface area contributed by atoms with Gasteiger partial charge in [0.1, 0.15) is 0 Å². The Morgan fingerprint density at radius 2 is 2.04 bits per heavy atom. The van der Waals surface area contributed by atoms with Crippen molar-refractivity contribution in [1.82, 2.24) is 10.6 Å². The molecule has 2 rings (SSSR count). The second kappa shape index (κ2) is 10.0. The zero-order valence-corrected chi connectivity index (χ0v) is 15.7. The molecule has 0 unspecified atom stereocenters. The lowest BCUT2D eigenvalue weighted by Gasteiger charge is -2.16. The highest BCUT2D eigenvalue weighted by Gasteiger charge is 2.17. The van der Waals surface area contributed by atoms with Gasteiger partial charge in [-0.2, -0.15) is 0 Å². The molecule has 1 aliphatic heterocycles. The van der Waals surface area contributed by atoms with Gasteiger partial charge in [-0.1, -0.05) is 0 Å². The summed E-state index contributed by atoms with van der Waals surface area (Å²) in [6.45, 7) is 2.73. The van der Waals surface area contributed by atoms with Crippen molar-refractivity contribution in [3.05, 3.63) is 23.8 Å². The number of ether oxygens (including phenoxy) is 3. The van der Waals surface area contributed by atoms with E-state index in [2.05, 4.69) is 10.6 Å². The standard InChI is InChI=1S/C19H28N2O5/c1-13(6-8-15-5-4-10-26-15)21-18(22)12-20-19(23)14-7-9-16(24-2)17(11-14)25-3/h7,9,11,13,15H,4-6,8,10,12H2,1-3H3,(H,20,23)(H,21,22)/t13-,15-/m1/s1. The minimum Gasteiger partial charge on any atom is -0.493 e. The van der Waals surface area contributed by atoms with Crippen LogP contribution in [-0.2, 0) is 9.53 Å². The lowest BCUT2D eigenvalue weighted by atomic mass is 10.1. The van der Waals surface area contributed by atoms with Gasteiger partial charge in [0, 0.05) is 18.2 Å². The molecule has 1 fully saturated rings. The maximum atomic E-state index is 12.2. The number of methoxy groups -OCH3 is 2. The van der Waals surface area contributed by atoms with Crippen LogP contribution in [0.1, 0.15) is 43.0 Å². The van der Waals surface area contributed by atoms with Gasteiger partial charge in [0.15, 0.2) is 11.5 Å². The monoisotopic (exact) mass is 364 g/mol. The fraction of sp³-hybridized carbons (Fsp3) is 0.579. The Kier molecular flexibility index (Phi) is 7.72. The SMILES string of the molecule is COc1ccc(C(=O)NCC(=O)N[C@H](C)CC[C@H]2CCCO2)cc1OC. The molecule has 2 atom stereocenters. The van der Waals surface area contributed by atoms with E-state index in [-0.39, 0.29) is 24.4 Å². The molecule has 2 amide bonds. The predicted molar refractivity (Wildman–Crippen MR) is 97.7 cm³/mol. The second-order valence-electron chi connectivity index (χ2n) is 6.43. The molecule has 1 aromatic carbocycles. The van der Waals surface area contributed by atoms with Crippen molar-refractivity contribution in [1.29, 1.82) is 0 Å². The third-order valence-corrected chi connectivity index (χ3v) is 4.41. The summed E-state index contributed by atoms with van der Waals surface area (Å²) in [5.41, 5.74) is 0.405. The van der Waals surface area contributed by atoms with E-state index >= 15 is 0 Å². The summed E-state index contributed by atoms with van der Waals surface area (Å²) in [4.78, 5) is 24.2. The normalized spacial score (nSPS) is 17.4. The van der Waals surface area contributed by atoms with Gasteiger partial charge >= 0.3 is 0 Å². The molecular weight excluding hydrogens is 336 g/mol. The molecule has 0 radical (unpaired) electrons. The van der Waals surface area contributed by atoms with Crippen LogP contribution < -0.4 is 20.1 Å². The maximum absolute atomic E-state index is 12.2. The van der Waals surface area contributed by atoms with Crippen LogP contribution in [0.15, 0.2) is 18.2 Å². The van der Waals surface area contributed by atoms with Crippen LogP contribution in [0.5, 0.6) is 11.5 Å². The summed E-state index contributed by atoms with van der Waals surface area (Å²) in [7, 11) is 3.03. The first-order valence-electron chi connectivity index (χ1n) is 8.94. The van der Waals surface area contributed by atoms with E-state index in [0.717, 1.165) is 32.3 Å². The molecular formula is C19H28N2O5. The van der Waals surface area contributed by atoms with E-state index in [4.69, 9.17) is 14.2 Å². The topological polar surface area (TPSA) is 85.9 Å². The van der Waals surface area contributed by atoms with Gasteiger partial charge < -0.3 is 24.8 Å². The molecule has 0 aliphatic carbocycles. The summed E-state index contributed by atoms with van der Waals surface area (Å²) < 4.78 is 15.9. The van der Waals surface area contributed by atoms with Crippen LogP contribution in [-0.4, -0.2) is 51.3 Å². The molecule has 26 heavy (non-hydrogen) atoms. The fourth-order valence-corrected chi connectivity index (χ4v) is 2.95. The van der Waals surface area contributed by atoms with Gasteiger partial charge in [0.05, 0.1) is 26.9 Å². The lowest BCUT2D eigenvalue weighted by molar-refractivity contribution is -0.120. The van der Waals surface area contributed by atoms with Gasteiger partial charge in [0.2, 0.25) is 5.91 Å². The third-order valence-electron chi connectivity index (χ3n) is 4.41. The van der Waals surface area contributed by atoms with Crippen molar-refractivity contribution in [2.45, 2.75) is 44.8 Å². The fourth-order valence-electron chi connectivity index (χ4n) is 2.95. The number of amides is 2. The quantitative estimate of drug-likeness (QED) is 0.699. The van der Waals surface area contributed by atoms with Gasteiger partial charge in [-0.15, -0.1) is 0 Å². The third kappa shape index (κ3) is 5.91. The van der Waals surface area contributed by atoms with Crippen molar-refractivity contribution in [3.63, 3.8) is 0 Å². The number of carbonyl (C=O) groups excluding carboxylic acids is 2. The van der Waals surface area contributed by atoms with E-state index in [1.807, 2.05) is 6.92 Å². The van der Waals surface area contributed by atoms with E-state index in [1.54, 1.807) is 18.2 Å². The van der Waals surface area contributed by atoms with Crippen LogP contribution >= 0.6 is 0 Å². The Morgan fingerprint density at radius 1 is 1.27 bits per heavy atom. The minimum atomic E-state index is -0.340. The smallest absolute Gasteiger partial charge is 0.251 e. The number of benzene rings is 1. The molecule has 0 aromatic heterocycles. The summed E-state index contributed by atoms with van der Waals surface area (Å²) in [6.07, 6.45) is 4.34. The Bertz CT molecular complexity index is 614. The van der Waals surface area contributed by atoms with Crippen LogP contribution in [0.2, 0.25) is 0 Å². The zero-order valence-electron chi connectivity index (χ0n) is 15.7. The van der Waals surface area contributed by atoms with E-state index < -0.39 is 0 Å². The first-order valence-corrected chi connectivity index (χ1v) is 8.94. The zero-order chi connectivity index (χ0) is 18.9. The van der Waals surface area contributed by atoms with Crippen molar-refractivity contribution in [2.24, 2.45) is 0 Å². The maximum Gasteiger partial charge on any atom is 0.251 e. The summed E-state index contributed by atoms with van der Waals surface area (Å²) >= 11 is 0. The first-order chi connectivity index (χ1) is 12.5. The molecule has 1 saturated heterocycles. The summed E-state index contributed by atoms with van der Waals surface area (Å²) in [5.74, 6) is 0.459.